The highest BCUT2D eigenvalue weighted by atomic mass is 35.5. The van der Waals surface area contributed by atoms with Crippen molar-refractivity contribution in [2.24, 2.45) is 0 Å². The normalized spacial score (nSPS) is 11.9. The molecule has 0 aliphatic carbocycles. The number of methoxy groups -OCH3 is 1. The van der Waals surface area contributed by atoms with Crippen LogP contribution in [0, 0.1) is 6.92 Å². The van der Waals surface area contributed by atoms with Gasteiger partial charge in [-0.05, 0) is 59.2 Å². The van der Waals surface area contributed by atoms with Crippen molar-refractivity contribution in [2.75, 3.05) is 13.7 Å². The minimum atomic E-state index is 0. The fourth-order valence-corrected chi connectivity index (χ4v) is 3.70. The molecule has 0 aromatic heterocycles. The Kier molecular flexibility index (Phi) is 11.4. The van der Waals surface area contributed by atoms with Crippen LogP contribution < -0.4 is 4.74 Å². The average Bonchev–Trinajstić information content (AvgIpc) is 2.59. The van der Waals surface area contributed by atoms with Crippen LogP contribution in [0.3, 0.4) is 0 Å². The Hall–Kier alpha value is -1.51. The maximum Gasteiger partial charge on any atom is 0.122 e. The van der Waals surface area contributed by atoms with Crippen molar-refractivity contribution in [1.82, 2.24) is 4.90 Å². The van der Waals surface area contributed by atoms with Crippen molar-refractivity contribution in [1.29, 1.82) is 0 Å². The van der Waals surface area contributed by atoms with Crippen LogP contribution in [0.1, 0.15) is 64.2 Å². The maximum absolute atomic E-state index is 5.69. The molecular formula is C24H38ClNO. The smallest absolute Gasteiger partial charge is 0.122 e. The summed E-state index contributed by atoms with van der Waals surface area (Å²) in [5.41, 5.74) is 3.93. The molecule has 0 N–H and O–H groups in total. The van der Waals surface area contributed by atoms with Gasteiger partial charge in [0.1, 0.15) is 5.75 Å². The fourth-order valence-electron chi connectivity index (χ4n) is 3.70. The third kappa shape index (κ3) is 6.86. The van der Waals surface area contributed by atoms with Crippen LogP contribution in [0.4, 0.5) is 0 Å². The Balaban J connectivity index is 0.00000338. The standard InChI is InChI=1S/C23H33NO.CH4.ClH/c1-17(2)24(18(3)4)15-14-21(20-10-8-7-9-11-20)22-16-19(5)12-13-23(22)25-6;;/h7-13,16-18,21H,14-15H2,1-6H3;1H4;1H. The molecule has 1 atom stereocenters. The molecule has 0 heterocycles. The highest BCUT2D eigenvalue weighted by molar-refractivity contribution is 5.85. The lowest BCUT2D eigenvalue weighted by Crippen LogP contribution is -2.38. The molecule has 1 unspecified atom stereocenters. The molecule has 152 valence electrons. The topological polar surface area (TPSA) is 12.5 Å². The van der Waals surface area contributed by atoms with Crippen molar-refractivity contribution in [3.05, 3.63) is 65.2 Å². The number of ether oxygens (including phenoxy) is 1. The summed E-state index contributed by atoms with van der Waals surface area (Å²) in [4.78, 5) is 2.57. The summed E-state index contributed by atoms with van der Waals surface area (Å²) in [6.45, 7) is 12.4. The van der Waals surface area contributed by atoms with Crippen LogP contribution in [0.5, 0.6) is 5.75 Å². The molecule has 2 aromatic carbocycles. The van der Waals surface area contributed by atoms with Gasteiger partial charge in [-0.3, -0.25) is 4.90 Å². The number of hydrogen-bond acceptors (Lipinski definition) is 2. The van der Waals surface area contributed by atoms with E-state index in [0.717, 1.165) is 18.7 Å². The van der Waals surface area contributed by atoms with E-state index in [1.807, 2.05) is 0 Å². The Labute approximate surface area is 173 Å². The van der Waals surface area contributed by atoms with Crippen molar-refractivity contribution in [3.8, 4) is 5.75 Å². The van der Waals surface area contributed by atoms with Gasteiger partial charge in [-0.25, -0.2) is 0 Å². The second-order valence-electron chi connectivity index (χ2n) is 7.42. The summed E-state index contributed by atoms with van der Waals surface area (Å²) in [6, 6.07) is 18.4. The van der Waals surface area contributed by atoms with Gasteiger partial charge in [0, 0.05) is 23.6 Å². The van der Waals surface area contributed by atoms with Crippen molar-refractivity contribution in [3.63, 3.8) is 0 Å². The summed E-state index contributed by atoms with van der Waals surface area (Å²) < 4.78 is 5.69. The van der Waals surface area contributed by atoms with E-state index in [1.54, 1.807) is 7.11 Å². The van der Waals surface area contributed by atoms with Crippen LogP contribution in [0.2, 0.25) is 0 Å². The summed E-state index contributed by atoms with van der Waals surface area (Å²) in [6.07, 6.45) is 1.08. The molecule has 0 fully saturated rings. The van der Waals surface area contributed by atoms with E-state index in [-0.39, 0.29) is 19.8 Å². The summed E-state index contributed by atoms with van der Waals surface area (Å²) >= 11 is 0. The average molecular weight is 392 g/mol. The third-order valence-corrected chi connectivity index (χ3v) is 4.97. The van der Waals surface area contributed by atoms with E-state index in [2.05, 4.69) is 88.0 Å². The third-order valence-electron chi connectivity index (χ3n) is 4.97. The zero-order valence-corrected chi connectivity index (χ0v) is 17.8. The Morgan fingerprint density at radius 1 is 0.926 bits per heavy atom. The first kappa shape index (κ1) is 25.5. The van der Waals surface area contributed by atoms with Gasteiger partial charge >= 0.3 is 0 Å². The van der Waals surface area contributed by atoms with Gasteiger partial charge in [-0.1, -0.05) is 55.5 Å². The summed E-state index contributed by atoms with van der Waals surface area (Å²) in [5.74, 6) is 1.33. The van der Waals surface area contributed by atoms with E-state index in [4.69, 9.17) is 4.74 Å². The van der Waals surface area contributed by atoms with Gasteiger partial charge in [-0.2, -0.15) is 0 Å². The Morgan fingerprint density at radius 3 is 2.04 bits per heavy atom. The number of nitrogens with zero attached hydrogens (tertiary/aromatic N) is 1. The SMILES string of the molecule is C.COc1ccc(C)cc1C(CCN(C(C)C)C(C)C)c1ccccc1.Cl. The maximum atomic E-state index is 5.69. The highest BCUT2D eigenvalue weighted by Crippen LogP contribution is 2.35. The zero-order valence-electron chi connectivity index (χ0n) is 17.0. The van der Waals surface area contributed by atoms with Gasteiger partial charge in [0.05, 0.1) is 7.11 Å². The van der Waals surface area contributed by atoms with Crippen LogP contribution in [0.25, 0.3) is 0 Å². The lowest BCUT2D eigenvalue weighted by Gasteiger charge is -2.32. The summed E-state index contributed by atoms with van der Waals surface area (Å²) in [7, 11) is 1.77. The van der Waals surface area contributed by atoms with E-state index in [1.165, 1.54) is 16.7 Å². The van der Waals surface area contributed by atoms with Crippen LogP contribution in [-0.4, -0.2) is 30.6 Å². The molecule has 0 saturated heterocycles. The predicted octanol–water partition coefficient (Wildman–Crippen LogP) is 6.70. The van der Waals surface area contributed by atoms with Gasteiger partial charge in [0.15, 0.2) is 0 Å². The number of hydrogen-bond donors (Lipinski definition) is 0. The molecule has 0 saturated carbocycles. The van der Waals surface area contributed by atoms with Crippen LogP contribution in [0.15, 0.2) is 48.5 Å². The van der Waals surface area contributed by atoms with Crippen molar-refractivity contribution < 1.29 is 4.74 Å². The van der Waals surface area contributed by atoms with Crippen molar-refractivity contribution >= 4 is 12.4 Å². The van der Waals surface area contributed by atoms with E-state index < -0.39 is 0 Å². The minimum Gasteiger partial charge on any atom is -0.496 e. The van der Waals surface area contributed by atoms with Gasteiger partial charge in [0.2, 0.25) is 0 Å². The zero-order chi connectivity index (χ0) is 18.4. The number of benzene rings is 2. The Morgan fingerprint density at radius 2 is 1.52 bits per heavy atom. The van der Waals surface area contributed by atoms with Gasteiger partial charge in [0.25, 0.3) is 0 Å². The number of rotatable bonds is 8. The molecule has 0 aliphatic rings. The van der Waals surface area contributed by atoms with Crippen molar-refractivity contribution in [2.45, 2.75) is 66.5 Å². The van der Waals surface area contributed by atoms with E-state index >= 15 is 0 Å². The molecular weight excluding hydrogens is 354 g/mol. The predicted molar refractivity (Wildman–Crippen MR) is 122 cm³/mol. The molecule has 27 heavy (non-hydrogen) atoms. The van der Waals surface area contributed by atoms with Gasteiger partial charge < -0.3 is 4.74 Å². The lowest BCUT2D eigenvalue weighted by molar-refractivity contribution is 0.170. The second kappa shape index (κ2) is 12.0. The molecule has 0 aliphatic heterocycles. The fraction of sp³-hybridized carbons (Fsp3) is 0.500. The minimum absolute atomic E-state index is 0. The first-order valence-corrected chi connectivity index (χ1v) is 9.39. The molecule has 0 amide bonds. The second-order valence-corrected chi connectivity index (χ2v) is 7.42. The molecule has 2 rings (SSSR count). The largest absolute Gasteiger partial charge is 0.496 e. The van der Waals surface area contributed by atoms with E-state index in [0.29, 0.717) is 18.0 Å². The lowest BCUT2D eigenvalue weighted by atomic mass is 9.86. The first-order valence-electron chi connectivity index (χ1n) is 9.39. The number of halogens is 1. The molecule has 2 nitrogen and oxygen atoms in total. The molecule has 3 heteroatoms. The molecule has 0 radical (unpaired) electrons. The first-order chi connectivity index (χ1) is 11.9. The monoisotopic (exact) mass is 391 g/mol. The molecule has 0 bridgehead atoms. The quantitative estimate of drug-likeness (QED) is 0.496. The highest BCUT2D eigenvalue weighted by Gasteiger charge is 2.21. The number of aryl methyl sites for hydroxylation is 1. The molecule has 2 aromatic rings. The molecule has 0 spiro atoms. The van der Waals surface area contributed by atoms with Crippen LogP contribution >= 0.6 is 12.4 Å². The van der Waals surface area contributed by atoms with Crippen LogP contribution in [-0.2, 0) is 0 Å². The summed E-state index contributed by atoms with van der Waals surface area (Å²) in [5, 5.41) is 0. The van der Waals surface area contributed by atoms with E-state index in [9.17, 15) is 0 Å². The Bertz CT molecular complexity index is 647. The van der Waals surface area contributed by atoms with Gasteiger partial charge in [-0.15, -0.1) is 12.4 Å².